The van der Waals surface area contributed by atoms with Gasteiger partial charge < -0.3 is 9.09 Å². The smallest absolute Gasteiger partial charge is 0.227 e. The summed E-state index contributed by atoms with van der Waals surface area (Å²) in [7, 11) is -1.48. The van der Waals surface area contributed by atoms with E-state index in [1.165, 1.54) is 0 Å². The van der Waals surface area contributed by atoms with Crippen LogP contribution in [0.3, 0.4) is 0 Å². The molecule has 0 aliphatic heterocycles. The Labute approximate surface area is 156 Å². The van der Waals surface area contributed by atoms with Gasteiger partial charge in [-0.2, -0.15) is 4.98 Å². The summed E-state index contributed by atoms with van der Waals surface area (Å²) in [4.78, 5) is 8.92. The first kappa shape index (κ1) is 17.4. The fourth-order valence-corrected chi connectivity index (χ4v) is 4.05. The van der Waals surface area contributed by atoms with Crippen LogP contribution in [0.4, 0.5) is 0 Å². The minimum absolute atomic E-state index is 0.0849. The minimum atomic E-state index is -3.40. The second-order valence-corrected chi connectivity index (χ2v) is 8.56. The van der Waals surface area contributed by atoms with Crippen molar-refractivity contribution in [1.29, 1.82) is 0 Å². The van der Waals surface area contributed by atoms with Crippen LogP contribution in [0.2, 0.25) is 0 Å². The van der Waals surface area contributed by atoms with Gasteiger partial charge in [0.15, 0.2) is 9.84 Å². The predicted octanol–water partition coefficient (Wildman–Crippen LogP) is 2.95. The van der Waals surface area contributed by atoms with E-state index in [1.807, 2.05) is 36.7 Å². The van der Waals surface area contributed by atoms with Crippen molar-refractivity contribution in [2.75, 3.05) is 5.75 Å². The van der Waals surface area contributed by atoms with Crippen molar-refractivity contribution >= 4 is 20.9 Å². The number of rotatable bonds is 5. The molecule has 2 aromatic heterocycles. The molecule has 2 heterocycles. The molecule has 27 heavy (non-hydrogen) atoms. The van der Waals surface area contributed by atoms with Gasteiger partial charge in [0.05, 0.1) is 28.0 Å². The molecular formula is C19H18N4O3S. The van der Waals surface area contributed by atoms with Crippen molar-refractivity contribution in [3.05, 3.63) is 60.2 Å². The zero-order valence-corrected chi connectivity index (χ0v) is 15.8. The number of fused-ring (bicyclic) bond motifs is 1. The predicted molar refractivity (Wildman–Crippen MR) is 101 cm³/mol. The highest BCUT2D eigenvalue weighted by Gasteiger charge is 2.17. The molecule has 0 atom stereocenters. The van der Waals surface area contributed by atoms with Crippen LogP contribution in [0.15, 0.2) is 58.2 Å². The zero-order chi connectivity index (χ0) is 19.0. The molecule has 4 rings (SSSR count). The summed E-state index contributed by atoms with van der Waals surface area (Å²) in [5.41, 5.74) is 3.65. The summed E-state index contributed by atoms with van der Waals surface area (Å²) in [6.07, 6.45) is 1.91. The fourth-order valence-electron chi connectivity index (χ4n) is 2.82. The number of sulfone groups is 1. The van der Waals surface area contributed by atoms with Gasteiger partial charge in [0.1, 0.15) is 0 Å². The van der Waals surface area contributed by atoms with Crippen LogP contribution >= 0.6 is 0 Å². The summed E-state index contributed by atoms with van der Waals surface area (Å²) >= 11 is 0. The summed E-state index contributed by atoms with van der Waals surface area (Å²) < 4.78 is 32.1. The quantitative estimate of drug-likeness (QED) is 0.527. The molecule has 0 aliphatic carbocycles. The van der Waals surface area contributed by atoms with Gasteiger partial charge >= 0.3 is 0 Å². The van der Waals surface area contributed by atoms with Crippen LogP contribution in [0.25, 0.3) is 22.4 Å². The van der Waals surface area contributed by atoms with Crippen LogP contribution in [0.5, 0.6) is 0 Å². The van der Waals surface area contributed by atoms with Gasteiger partial charge in [-0.15, -0.1) is 0 Å². The zero-order valence-electron chi connectivity index (χ0n) is 15.0. The number of hydrogen-bond donors (Lipinski definition) is 0. The lowest BCUT2D eigenvalue weighted by atomic mass is 10.2. The van der Waals surface area contributed by atoms with Crippen LogP contribution in [-0.4, -0.2) is 33.9 Å². The van der Waals surface area contributed by atoms with E-state index in [1.54, 1.807) is 30.6 Å². The minimum Gasteiger partial charge on any atom is -0.339 e. The van der Waals surface area contributed by atoms with Gasteiger partial charge in [-0.25, -0.2) is 13.4 Å². The third kappa shape index (κ3) is 3.48. The van der Waals surface area contributed by atoms with Crippen molar-refractivity contribution in [2.24, 2.45) is 7.05 Å². The van der Waals surface area contributed by atoms with Crippen molar-refractivity contribution in [2.45, 2.75) is 18.2 Å². The third-order valence-electron chi connectivity index (χ3n) is 4.42. The molecule has 0 amide bonds. The topological polar surface area (TPSA) is 90.9 Å². The summed E-state index contributed by atoms with van der Waals surface area (Å²) in [6.45, 7) is 1.92. The number of benzene rings is 2. The third-order valence-corrected chi connectivity index (χ3v) is 6.15. The lowest BCUT2D eigenvalue weighted by molar-refractivity contribution is 0.382. The second-order valence-electron chi connectivity index (χ2n) is 6.45. The van der Waals surface area contributed by atoms with E-state index in [2.05, 4.69) is 15.1 Å². The Morgan fingerprint density at radius 3 is 2.67 bits per heavy atom. The van der Waals surface area contributed by atoms with Crippen molar-refractivity contribution in [3.63, 3.8) is 0 Å². The molecule has 0 saturated carbocycles. The number of nitrogens with zero attached hydrogens (tertiary/aromatic N) is 4. The largest absolute Gasteiger partial charge is 0.339 e. The van der Waals surface area contributed by atoms with E-state index in [-0.39, 0.29) is 12.2 Å². The molecule has 138 valence electrons. The fraction of sp³-hybridized carbons (Fsp3) is 0.211. The molecule has 8 heteroatoms. The highest BCUT2D eigenvalue weighted by atomic mass is 32.2. The first-order valence-electron chi connectivity index (χ1n) is 8.46. The normalized spacial score (nSPS) is 11.9. The molecule has 0 N–H and O–H groups in total. The average Bonchev–Trinajstić information content (AvgIpc) is 3.27. The monoisotopic (exact) mass is 382 g/mol. The van der Waals surface area contributed by atoms with Crippen molar-refractivity contribution in [1.82, 2.24) is 19.7 Å². The number of imidazole rings is 1. The van der Waals surface area contributed by atoms with Crippen LogP contribution in [-0.2, 0) is 23.3 Å². The molecule has 0 spiro atoms. The van der Waals surface area contributed by atoms with Gasteiger partial charge in [0.2, 0.25) is 11.7 Å². The average molecular weight is 382 g/mol. The summed E-state index contributed by atoms with van der Waals surface area (Å²) in [5.74, 6) is 0.643. The first-order valence-corrected chi connectivity index (χ1v) is 10.1. The molecule has 2 aromatic carbocycles. The SMILES string of the molecule is Cc1ccc(S(=O)(=O)CCc2nc(-c3ccc4ncn(C)c4c3)no2)cc1. The van der Waals surface area contributed by atoms with Crippen LogP contribution in [0.1, 0.15) is 11.5 Å². The van der Waals surface area contributed by atoms with Gasteiger partial charge in [-0.1, -0.05) is 22.9 Å². The highest BCUT2D eigenvalue weighted by molar-refractivity contribution is 7.91. The van der Waals surface area contributed by atoms with Gasteiger partial charge in [-0.3, -0.25) is 0 Å². The summed E-state index contributed by atoms with van der Waals surface area (Å²) in [5, 5.41) is 3.98. The Bertz CT molecular complexity index is 1210. The van der Waals surface area contributed by atoms with Crippen LogP contribution in [0, 0.1) is 6.92 Å². The Kier molecular flexibility index (Phi) is 4.27. The number of hydrogen-bond acceptors (Lipinski definition) is 6. The van der Waals surface area contributed by atoms with Crippen molar-refractivity contribution in [3.8, 4) is 11.4 Å². The lowest BCUT2D eigenvalue weighted by Crippen LogP contribution is -2.09. The Hall–Kier alpha value is -3.00. The molecule has 0 saturated heterocycles. The van der Waals surface area contributed by atoms with Gasteiger partial charge in [0.25, 0.3) is 0 Å². The van der Waals surface area contributed by atoms with E-state index in [4.69, 9.17) is 4.52 Å². The second kappa shape index (κ2) is 6.62. The maximum atomic E-state index is 12.4. The standard InChI is InChI=1S/C19H18N4O3S/c1-13-3-6-15(7-4-13)27(24,25)10-9-18-21-19(22-26-18)14-5-8-16-17(11-14)23(2)12-20-16/h3-8,11-12H,9-10H2,1-2H3. The maximum Gasteiger partial charge on any atom is 0.227 e. The lowest BCUT2D eigenvalue weighted by Gasteiger charge is -2.03. The molecule has 4 aromatic rings. The van der Waals surface area contributed by atoms with Crippen LogP contribution < -0.4 is 0 Å². The molecule has 0 radical (unpaired) electrons. The molecule has 0 bridgehead atoms. The first-order chi connectivity index (χ1) is 12.9. The van der Waals surface area contributed by atoms with Crippen molar-refractivity contribution < 1.29 is 12.9 Å². The Balaban J connectivity index is 1.52. The molecule has 0 fully saturated rings. The summed E-state index contributed by atoms with van der Waals surface area (Å²) in [6, 6.07) is 12.5. The van der Waals surface area contributed by atoms with E-state index in [0.717, 1.165) is 22.2 Å². The van der Waals surface area contributed by atoms with E-state index >= 15 is 0 Å². The molecular weight excluding hydrogens is 364 g/mol. The van der Waals surface area contributed by atoms with E-state index < -0.39 is 9.84 Å². The molecule has 0 unspecified atom stereocenters. The highest BCUT2D eigenvalue weighted by Crippen LogP contribution is 2.22. The van der Waals surface area contributed by atoms with Gasteiger partial charge in [-0.05, 0) is 37.3 Å². The molecule has 0 aliphatic rings. The maximum absolute atomic E-state index is 12.4. The number of aryl methyl sites for hydroxylation is 3. The Morgan fingerprint density at radius 1 is 1.11 bits per heavy atom. The van der Waals surface area contributed by atoms with E-state index in [0.29, 0.717) is 16.6 Å². The Morgan fingerprint density at radius 2 is 1.89 bits per heavy atom. The number of aromatic nitrogens is 4. The van der Waals surface area contributed by atoms with Gasteiger partial charge in [0, 0.05) is 19.0 Å². The molecule has 7 nitrogen and oxygen atoms in total. The van der Waals surface area contributed by atoms with E-state index in [9.17, 15) is 8.42 Å².